The van der Waals surface area contributed by atoms with Crippen LogP contribution in [-0.2, 0) is 0 Å². The summed E-state index contributed by atoms with van der Waals surface area (Å²) in [4.78, 5) is 2.44. The topological polar surface area (TPSA) is 29.3 Å². The maximum Gasteiger partial charge on any atom is 0.0328 e. The van der Waals surface area contributed by atoms with Gasteiger partial charge in [-0.2, -0.15) is 0 Å². The predicted molar refractivity (Wildman–Crippen MR) is 37.1 cm³/mol. The molecule has 2 atom stereocenters. The number of hydrogen-bond acceptors (Lipinski definition) is 2. The maximum absolute atomic E-state index is 5.98. The fraction of sp³-hybridized carbons (Fsp3) is 1.00. The molecule has 2 heteroatoms. The number of likely N-dealkylation sites (tertiary alicyclic amines) is 1. The molecule has 2 aliphatic rings. The van der Waals surface area contributed by atoms with E-state index in [9.17, 15) is 0 Å². The van der Waals surface area contributed by atoms with E-state index in [1.54, 1.807) is 0 Å². The second kappa shape index (κ2) is 1.50. The molecular formula is C7H14N2. The number of piperidine rings is 1. The summed E-state index contributed by atoms with van der Waals surface area (Å²) in [7, 11) is 0. The molecule has 0 aromatic heterocycles. The van der Waals surface area contributed by atoms with Crippen molar-refractivity contribution in [3.63, 3.8) is 0 Å². The Balaban J connectivity index is 1.98. The van der Waals surface area contributed by atoms with Crippen molar-refractivity contribution in [2.75, 3.05) is 19.6 Å². The van der Waals surface area contributed by atoms with Crippen molar-refractivity contribution >= 4 is 0 Å². The van der Waals surface area contributed by atoms with Crippen LogP contribution in [0.4, 0.5) is 0 Å². The summed E-state index contributed by atoms with van der Waals surface area (Å²) in [6, 6.07) is 0. The highest BCUT2D eigenvalue weighted by atomic mass is 15.2. The molecule has 0 radical (unpaired) electrons. The highest BCUT2D eigenvalue weighted by molar-refractivity contribution is 5.15. The summed E-state index contributed by atoms with van der Waals surface area (Å²) in [5.41, 5.74) is 6.24. The molecule has 52 valence electrons. The third kappa shape index (κ3) is 0.700. The summed E-state index contributed by atoms with van der Waals surface area (Å²) in [5, 5.41) is 0. The molecular weight excluding hydrogens is 112 g/mol. The monoisotopic (exact) mass is 126 g/mol. The minimum atomic E-state index is 0.260. The van der Waals surface area contributed by atoms with E-state index >= 15 is 0 Å². The van der Waals surface area contributed by atoms with E-state index in [0.29, 0.717) is 0 Å². The van der Waals surface area contributed by atoms with Crippen LogP contribution in [0.5, 0.6) is 0 Å². The van der Waals surface area contributed by atoms with Gasteiger partial charge in [0.25, 0.3) is 0 Å². The quantitative estimate of drug-likeness (QED) is 0.537. The lowest BCUT2D eigenvalue weighted by molar-refractivity contribution is 0.314. The molecule has 0 aromatic rings. The largest absolute Gasteiger partial charge is 0.324 e. The molecule has 0 bridgehead atoms. The lowest BCUT2D eigenvalue weighted by atomic mass is 10.3. The zero-order valence-corrected chi connectivity index (χ0v) is 5.93. The lowest BCUT2D eigenvalue weighted by Gasteiger charge is -2.15. The van der Waals surface area contributed by atoms with Crippen molar-refractivity contribution in [1.82, 2.24) is 4.90 Å². The fourth-order valence-electron chi connectivity index (χ4n) is 1.87. The minimum Gasteiger partial charge on any atom is -0.324 e. The average molecular weight is 126 g/mol. The molecule has 9 heavy (non-hydrogen) atoms. The molecule has 0 amide bonds. The summed E-state index contributed by atoms with van der Waals surface area (Å²) < 4.78 is 0. The first-order valence-electron chi connectivity index (χ1n) is 3.76. The third-order valence-corrected chi connectivity index (χ3v) is 2.72. The second-order valence-corrected chi connectivity index (χ2v) is 3.46. The number of likely N-dealkylation sites (N-methyl/N-ethyl adjacent to an activating group) is 1. The summed E-state index contributed by atoms with van der Waals surface area (Å²) in [6.45, 7) is 5.78. The Bertz CT molecular complexity index is 135. The van der Waals surface area contributed by atoms with Crippen LogP contribution < -0.4 is 5.73 Å². The number of nitrogens with zero attached hydrogens (tertiary/aromatic N) is 1. The SMILES string of the molecule is CCN1C[C@@H]2C[C@]2(N)C1. The van der Waals surface area contributed by atoms with Gasteiger partial charge in [-0.15, -0.1) is 0 Å². The third-order valence-electron chi connectivity index (χ3n) is 2.72. The summed E-state index contributed by atoms with van der Waals surface area (Å²) in [6.07, 6.45) is 1.28. The van der Waals surface area contributed by atoms with Gasteiger partial charge in [0.1, 0.15) is 0 Å². The molecule has 1 saturated carbocycles. The van der Waals surface area contributed by atoms with Gasteiger partial charge in [-0.25, -0.2) is 0 Å². The average Bonchev–Trinajstić information content (AvgIpc) is 2.33. The second-order valence-electron chi connectivity index (χ2n) is 3.46. The van der Waals surface area contributed by atoms with Crippen molar-refractivity contribution in [3.8, 4) is 0 Å². The predicted octanol–water partition coefficient (Wildman–Crippen LogP) is 0.0393. The minimum absolute atomic E-state index is 0.260. The Morgan fingerprint density at radius 3 is 2.89 bits per heavy atom. The van der Waals surface area contributed by atoms with E-state index in [2.05, 4.69) is 11.8 Å². The van der Waals surface area contributed by atoms with Crippen LogP contribution in [0.3, 0.4) is 0 Å². The van der Waals surface area contributed by atoms with Crippen LogP contribution >= 0.6 is 0 Å². The van der Waals surface area contributed by atoms with Crippen LogP contribution in [0.2, 0.25) is 0 Å². The smallest absolute Gasteiger partial charge is 0.0328 e. The Morgan fingerprint density at radius 2 is 2.56 bits per heavy atom. The normalized spacial score (nSPS) is 49.3. The molecule has 0 spiro atoms. The number of rotatable bonds is 1. The van der Waals surface area contributed by atoms with Crippen molar-refractivity contribution in [1.29, 1.82) is 0 Å². The highest BCUT2D eigenvalue weighted by Crippen LogP contribution is 2.46. The van der Waals surface area contributed by atoms with E-state index in [0.717, 1.165) is 12.5 Å². The van der Waals surface area contributed by atoms with Gasteiger partial charge in [0.15, 0.2) is 0 Å². The van der Waals surface area contributed by atoms with Crippen molar-refractivity contribution in [2.24, 2.45) is 11.7 Å². The Labute approximate surface area is 56.0 Å². The van der Waals surface area contributed by atoms with Crippen molar-refractivity contribution < 1.29 is 0 Å². The van der Waals surface area contributed by atoms with E-state index in [4.69, 9.17) is 5.73 Å². The van der Waals surface area contributed by atoms with E-state index in [1.807, 2.05) is 0 Å². The van der Waals surface area contributed by atoms with Gasteiger partial charge in [0, 0.05) is 18.6 Å². The van der Waals surface area contributed by atoms with Crippen molar-refractivity contribution in [2.45, 2.75) is 18.9 Å². The zero-order valence-electron chi connectivity index (χ0n) is 5.93. The van der Waals surface area contributed by atoms with Crippen LogP contribution in [0.25, 0.3) is 0 Å². The van der Waals surface area contributed by atoms with Crippen LogP contribution in [-0.4, -0.2) is 30.1 Å². The van der Waals surface area contributed by atoms with Gasteiger partial charge in [-0.1, -0.05) is 6.92 Å². The molecule has 1 saturated heterocycles. The highest BCUT2D eigenvalue weighted by Gasteiger charge is 2.56. The molecule has 2 fully saturated rings. The summed E-state index contributed by atoms with van der Waals surface area (Å²) >= 11 is 0. The number of fused-ring (bicyclic) bond motifs is 1. The number of hydrogen-bond donors (Lipinski definition) is 1. The zero-order chi connectivity index (χ0) is 6.48. The van der Waals surface area contributed by atoms with E-state index < -0.39 is 0 Å². The first kappa shape index (κ1) is 5.69. The molecule has 1 aliphatic carbocycles. The molecule has 0 unspecified atom stereocenters. The van der Waals surface area contributed by atoms with Crippen LogP contribution in [0, 0.1) is 5.92 Å². The van der Waals surface area contributed by atoms with Gasteiger partial charge < -0.3 is 10.6 Å². The van der Waals surface area contributed by atoms with Crippen LogP contribution in [0.15, 0.2) is 0 Å². The molecule has 2 N–H and O–H groups in total. The molecule has 0 aromatic carbocycles. The van der Waals surface area contributed by atoms with Gasteiger partial charge >= 0.3 is 0 Å². The Kier molecular flexibility index (Phi) is 0.945. The van der Waals surface area contributed by atoms with Crippen molar-refractivity contribution in [3.05, 3.63) is 0 Å². The molecule has 1 heterocycles. The standard InChI is InChI=1S/C7H14N2/c1-2-9-4-6-3-7(6,8)5-9/h6H,2-5,8H2,1H3/t6-,7-/m0/s1. The van der Waals surface area contributed by atoms with Gasteiger partial charge in [0.05, 0.1) is 0 Å². The lowest BCUT2D eigenvalue weighted by Crippen LogP contribution is -2.32. The number of nitrogens with two attached hydrogens (primary N) is 1. The molecule has 1 aliphatic heterocycles. The van der Waals surface area contributed by atoms with Gasteiger partial charge in [-0.3, -0.25) is 0 Å². The van der Waals surface area contributed by atoms with E-state index in [1.165, 1.54) is 19.5 Å². The van der Waals surface area contributed by atoms with Gasteiger partial charge in [-0.05, 0) is 18.9 Å². The Morgan fingerprint density at radius 1 is 1.78 bits per heavy atom. The van der Waals surface area contributed by atoms with E-state index in [-0.39, 0.29) is 5.54 Å². The first-order chi connectivity index (χ1) is 4.24. The van der Waals surface area contributed by atoms with Gasteiger partial charge in [0.2, 0.25) is 0 Å². The first-order valence-corrected chi connectivity index (χ1v) is 3.76. The fourth-order valence-corrected chi connectivity index (χ4v) is 1.87. The maximum atomic E-state index is 5.98. The van der Waals surface area contributed by atoms with Crippen LogP contribution in [0.1, 0.15) is 13.3 Å². The molecule has 2 nitrogen and oxygen atoms in total. The molecule has 2 rings (SSSR count). The summed E-state index contributed by atoms with van der Waals surface area (Å²) in [5.74, 6) is 0.845. The Hall–Kier alpha value is -0.0800.